The van der Waals surface area contributed by atoms with Gasteiger partial charge in [-0.15, -0.1) is 0 Å². The number of benzene rings is 3. The largest absolute Gasteiger partial charge is 0.0538 e. The Morgan fingerprint density at radius 3 is 0.472 bits per heavy atom. The first-order chi connectivity index (χ1) is 16.7. The maximum atomic E-state index is 2.35. The van der Waals surface area contributed by atoms with Gasteiger partial charge in [-0.1, -0.05) is 24.3 Å². The van der Waals surface area contributed by atoms with Gasteiger partial charge in [-0.25, -0.2) is 0 Å². The molecule has 36 heavy (non-hydrogen) atoms. The van der Waals surface area contributed by atoms with Gasteiger partial charge in [0.25, 0.3) is 0 Å². The standard InChI is InChI=1S/C36H46/c1-19-21(3)25(7)33(26(8)22(19)4)15-17-35-29(11)31(13)36(32(14)30(35)12)18-16-34-27(9)23(5)20(2)24(6)28(34)10/h15-18H,1-14H3. The average molecular weight is 479 g/mol. The summed E-state index contributed by atoms with van der Waals surface area (Å²) in [7, 11) is 0. The van der Waals surface area contributed by atoms with E-state index in [2.05, 4.69) is 121 Å². The minimum atomic E-state index is 1.35. The van der Waals surface area contributed by atoms with E-state index in [-0.39, 0.29) is 0 Å². The van der Waals surface area contributed by atoms with Crippen LogP contribution in [0.5, 0.6) is 0 Å². The van der Waals surface area contributed by atoms with E-state index in [1.165, 1.54) is 100 Å². The van der Waals surface area contributed by atoms with Gasteiger partial charge in [0.1, 0.15) is 0 Å². The van der Waals surface area contributed by atoms with E-state index < -0.39 is 0 Å². The van der Waals surface area contributed by atoms with Crippen molar-refractivity contribution in [3.8, 4) is 0 Å². The first kappa shape index (κ1) is 27.7. The molecule has 0 unspecified atom stereocenters. The lowest BCUT2D eigenvalue weighted by molar-refractivity contribution is 1.16. The van der Waals surface area contributed by atoms with Crippen LogP contribution in [0.4, 0.5) is 0 Å². The summed E-state index contributed by atoms with van der Waals surface area (Å²) >= 11 is 0. The highest BCUT2D eigenvalue weighted by Gasteiger charge is 2.15. The SMILES string of the molecule is Cc1c(C)c(C)c(C=Cc2c(C)c(C)c(C=Cc3c(C)c(C)c(C)c(C)c3C)c(C)c2C)c(C)c1C. The Labute approximate surface area is 221 Å². The second-order valence-electron chi connectivity index (χ2n) is 11.1. The Kier molecular flexibility index (Phi) is 7.89. The summed E-state index contributed by atoms with van der Waals surface area (Å²) in [5.74, 6) is 0. The van der Waals surface area contributed by atoms with Gasteiger partial charge in [-0.3, -0.25) is 0 Å². The first-order valence-electron chi connectivity index (χ1n) is 13.3. The summed E-state index contributed by atoms with van der Waals surface area (Å²) in [6.45, 7) is 31.6. The minimum absolute atomic E-state index is 1.35. The van der Waals surface area contributed by atoms with E-state index in [4.69, 9.17) is 0 Å². The molecule has 0 N–H and O–H groups in total. The van der Waals surface area contributed by atoms with E-state index in [0.29, 0.717) is 0 Å². The lowest BCUT2D eigenvalue weighted by Gasteiger charge is -2.19. The summed E-state index contributed by atoms with van der Waals surface area (Å²) in [5.41, 5.74) is 25.0. The van der Waals surface area contributed by atoms with Crippen molar-refractivity contribution in [2.24, 2.45) is 0 Å². The highest BCUT2D eigenvalue weighted by Crippen LogP contribution is 2.33. The second kappa shape index (κ2) is 10.3. The number of hydrogen-bond acceptors (Lipinski definition) is 0. The molecule has 3 aromatic carbocycles. The molecule has 3 aromatic rings. The van der Waals surface area contributed by atoms with Crippen molar-refractivity contribution in [1.82, 2.24) is 0 Å². The predicted octanol–water partition coefficient (Wildman–Crippen LogP) is 10.3. The van der Waals surface area contributed by atoms with Crippen LogP contribution in [0.3, 0.4) is 0 Å². The molecule has 0 amide bonds. The zero-order valence-corrected chi connectivity index (χ0v) is 25.3. The van der Waals surface area contributed by atoms with Crippen molar-refractivity contribution in [2.45, 2.75) is 96.9 Å². The molecule has 0 aliphatic carbocycles. The molecule has 0 fully saturated rings. The van der Waals surface area contributed by atoms with Crippen LogP contribution in [0.2, 0.25) is 0 Å². The molecule has 0 spiro atoms. The maximum Gasteiger partial charge on any atom is -0.0192 e. The van der Waals surface area contributed by atoms with E-state index in [9.17, 15) is 0 Å². The Hall–Kier alpha value is -2.86. The van der Waals surface area contributed by atoms with Crippen molar-refractivity contribution in [3.05, 3.63) is 100 Å². The third kappa shape index (κ3) is 4.52. The van der Waals surface area contributed by atoms with Gasteiger partial charge < -0.3 is 0 Å². The van der Waals surface area contributed by atoms with Crippen molar-refractivity contribution < 1.29 is 0 Å². The molecule has 0 heteroatoms. The molecule has 0 saturated carbocycles. The molecule has 0 bridgehead atoms. The fraction of sp³-hybridized carbons (Fsp3) is 0.389. The van der Waals surface area contributed by atoms with Gasteiger partial charge >= 0.3 is 0 Å². The highest BCUT2D eigenvalue weighted by molar-refractivity contribution is 5.82. The lowest BCUT2D eigenvalue weighted by Crippen LogP contribution is -2.01. The van der Waals surface area contributed by atoms with Gasteiger partial charge in [0, 0.05) is 0 Å². The predicted molar refractivity (Wildman–Crippen MR) is 163 cm³/mol. The van der Waals surface area contributed by atoms with Crippen LogP contribution in [-0.2, 0) is 0 Å². The van der Waals surface area contributed by atoms with Gasteiger partial charge in [0.2, 0.25) is 0 Å². The molecular weight excluding hydrogens is 432 g/mol. The van der Waals surface area contributed by atoms with Crippen LogP contribution >= 0.6 is 0 Å². The van der Waals surface area contributed by atoms with Crippen LogP contribution in [0, 0.1) is 96.9 Å². The number of hydrogen-bond donors (Lipinski definition) is 0. The third-order valence-electron chi connectivity index (χ3n) is 9.69. The minimum Gasteiger partial charge on any atom is -0.0538 e. The second-order valence-corrected chi connectivity index (χ2v) is 11.1. The van der Waals surface area contributed by atoms with E-state index in [1.54, 1.807) is 0 Å². The maximum absolute atomic E-state index is 2.35. The number of rotatable bonds is 4. The molecule has 0 heterocycles. The molecule has 0 atom stereocenters. The Balaban J connectivity index is 2.13. The van der Waals surface area contributed by atoms with Crippen LogP contribution in [-0.4, -0.2) is 0 Å². The monoisotopic (exact) mass is 478 g/mol. The van der Waals surface area contributed by atoms with Crippen LogP contribution in [0.15, 0.2) is 0 Å². The average Bonchev–Trinajstić information content (AvgIpc) is 2.86. The molecule has 190 valence electrons. The zero-order valence-electron chi connectivity index (χ0n) is 25.3. The van der Waals surface area contributed by atoms with E-state index in [0.717, 1.165) is 0 Å². The van der Waals surface area contributed by atoms with Gasteiger partial charge in [-0.2, -0.15) is 0 Å². The molecule has 0 radical (unpaired) electrons. The normalized spacial score (nSPS) is 11.9. The van der Waals surface area contributed by atoms with E-state index in [1.807, 2.05) is 0 Å². The summed E-state index contributed by atoms with van der Waals surface area (Å²) in [5, 5.41) is 0. The van der Waals surface area contributed by atoms with Gasteiger partial charge in [-0.05, 0) is 197 Å². The van der Waals surface area contributed by atoms with Crippen LogP contribution in [0.1, 0.15) is 100 Å². The van der Waals surface area contributed by atoms with Gasteiger partial charge in [0.05, 0.1) is 0 Å². The zero-order chi connectivity index (χ0) is 27.2. The summed E-state index contributed by atoms with van der Waals surface area (Å²) in [6, 6.07) is 0. The van der Waals surface area contributed by atoms with E-state index >= 15 is 0 Å². The molecule has 0 nitrogen and oxygen atoms in total. The Morgan fingerprint density at radius 2 is 0.306 bits per heavy atom. The molecule has 0 aliphatic rings. The molecule has 3 rings (SSSR count). The smallest absolute Gasteiger partial charge is 0.0192 e. The molecule has 0 aromatic heterocycles. The van der Waals surface area contributed by atoms with Crippen molar-refractivity contribution in [1.29, 1.82) is 0 Å². The highest BCUT2D eigenvalue weighted by atomic mass is 14.2. The lowest BCUT2D eigenvalue weighted by atomic mass is 9.86. The molecule has 0 aliphatic heterocycles. The van der Waals surface area contributed by atoms with Crippen molar-refractivity contribution in [2.75, 3.05) is 0 Å². The van der Waals surface area contributed by atoms with Gasteiger partial charge in [0.15, 0.2) is 0 Å². The van der Waals surface area contributed by atoms with Crippen molar-refractivity contribution in [3.63, 3.8) is 0 Å². The topological polar surface area (TPSA) is 0 Å². The van der Waals surface area contributed by atoms with Crippen LogP contribution in [0.25, 0.3) is 24.3 Å². The molecular formula is C36H46. The summed E-state index contributed by atoms with van der Waals surface area (Å²) in [6.07, 6.45) is 9.39. The summed E-state index contributed by atoms with van der Waals surface area (Å²) < 4.78 is 0. The first-order valence-corrected chi connectivity index (χ1v) is 13.3. The molecule has 0 saturated heterocycles. The van der Waals surface area contributed by atoms with Crippen LogP contribution < -0.4 is 0 Å². The fourth-order valence-corrected chi connectivity index (χ4v) is 5.76. The quantitative estimate of drug-likeness (QED) is 0.327. The Bertz CT molecular complexity index is 1240. The third-order valence-corrected chi connectivity index (χ3v) is 9.69. The Morgan fingerprint density at radius 1 is 0.194 bits per heavy atom. The summed E-state index contributed by atoms with van der Waals surface area (Å²) in [4.78, 5) is 0. The fourth-order valence-electron chi connectivity index (χ4n) is 5.76. The van der Waals surface area contributed by atoms with Crippen molar-refractivity contribution >= 4 is 24.3 Å².